The van der Waals surface area contributed by atoms with Crippen LogP contribution in [-0.2, 0) is 18.8 Å². The van der Waals surface area contributed by atoms with E-state index in [1.165, 1.54) is 12.1 Å². The van der Waals surface area contributed by atoms with Crippen molar-refractivity contribution in [3.63, 3.8) is 0 Å². The van der Waals surface area contributed by atoms with Crippen LogP contribution in [0.5, 0.6) is 0 Å². The van der Waals surface area contributed by atoms with Gasteiger partial charge in [-0.25, -0.2) is 0 Å². The van der Waals surface area contributed by atoms with E-state index in [4.69, 9.17) is 0 Å². The molecule has 0 bridgehead atoms. The summed E-state index contributed by atoms with van der Waals surface area (Å²) < 4.78 is 74.1. The zero-order valence-electron chi connectivity index (χ0n) is 10.3. The van der Waals surface area contributed by atoms with Gasteiger partial charge in [0.25, 0.3) is 0 Å². The van der Waals surface area contributed by atoms with Crippen LogP contribution in [0, 0.1) is 0 Å². The number of pyridine rings is 2. The van der Waals surface area contributed by atoms with E-state index in [0.29, 0.717) is 12.4 Å². The van der Waals surface area contributed by atoms with Crippen molar-refractivity contribution in [3.05, 3.63) is 59.2 Å². The summed E-state index contributed by atoms with van der Waals surface area (Å²) in [5, 5.41) is 0. The Morgan fingerprint density at radius 1 is 0.667 bits per heavy atom. The highest BCUT2D eigenvalue weighted by Gasteiger charge is 2.31. The zero-order valence-corrected chi connectivity index (χ0v) is 10.3. The lowest BCUT2D eigenvalue weighted by Gasteiger charge is -2.08. The van der Waals surface area contributed by atoms with Gasteiger partial charge in [-0.3, -0.25) is 9.97 Å². The fourth-order valence-corrected chi connectivity index (χ4v) is 1.58. The van der Waals surface area contributed by atoms with Crippen LogP contribution in [0.4, 0.5) is 26.3 Å². The Balaban J connectivity index is 2.12. The standard InChI is InChI=1S/C13H8F6N2/c14-12(15,16)8-1-3-10(20-6-8)5-11-4-2-9(7-21-11)13(17,18)19/h1-4,6-7H,5H2. The second-order valence-corrected chi connectivity index (χ2v) is 4.25. The summed E-state index contributed by atoms with van der Waals surface area (Å²) in [7, 11) is 0. The van der Waals surface area contributed by atoms with E-state index in [1.807, 2.05) is 0 Å². The van der Waals surface area contributed by atoms with E-state index in [0.717, 1.165) is 12.1 Å². The highest BCUT2D eigenvalue weighted by atomic mass is 19.4. The highest BCUT2D eigenvalue weighted by Crippen LogP contribution is 2.29. The van der Waals surface area contributed by atoms with Crippen molar-refractivity contribution < 1.29 is 26.3 Å². The third kappa shape index (κ3) is 3.93. The smallest absolute Gasteiger partial charge is 0.260 e. The Morgan fingerprint density at radius 3 is 1.29 bits per heavy atom. The molecule has 21 heavy (non-hydrogen) atoms. The maximum Gasteiger partial charge on any atom is 0.417 e. The molecule has 0 spiro atoms. The molecule has 2 aromatic heterocycles. The van der Waals surface area contributed by atoms with Crippen LogP contribution in [0.3, 0.4) is 0 Å². The van der Waals surface area contributed by atoms with E-state index in [1.54, 1.807) is 0 Å². The highest BCUT2D eigenvalue weighted by molar-refractivity contribution is 5.23. The van der Waals surface area contributed by atoms with Crippen LogP contribution in [0.2, 0.25) is 0 Å². The van der Waals surface area contributed by atoms with Gasteiger partial charge in [-0.2, -0.15) is 26.3 Å². The molecule has 0 N–H and O–H groups in total. The molecule has 2 heterocycles. The molecule has 2 rings (SSSR count). The molecular formula is C13H8F6N2. The molecule has 2 nitrogen and oxygen atoms in total. The predicted octanol–water partition coefficient (Wildman–Crippen LogP) is 4.11. The topological polar surface area (TPSA) is 25.8 Å². The first-order valence-electron chi connectivity index (χ1n) is 5.70. The van der Waals surface area contributed by atoms with Gasteiger partial charge in [-0.15, -0.1) is 0 Å². The Morgan fingerprint density at radius 2 is 1.05 bits per heavy atom. The summed E-state index contributed by atoms with van der Waals surface area (Å²) >= 11 is 0. The molecule has 0 amide bonds. The first-order valence-corrected chi connectivity index (χ1v) is 5.70. The van der Waals surface area contributed by atoms with Crippen LogP contribution < -0.4 is 0 Å². The third-order valence-corrected chi connectivity index (χ3v) is 2.67. The predicted molar refractivity (Wildman–Crippen MR) is 61.3 cm³/mol. The second kappa shape index (κ2) is 5.34. The van der Waals surface area contributed by atoms with E-state index < -0.39 is 23.5 Å². The molecular weight excluding hydrogens is 298 g/mol. The molecule has 0 aromatic carbocycles. The van der Waals surface area contributed by atoms with Gasteiger partial charge in [-0.05, 0) is 24.3 Å². The minimum Gasteiger partial charge on any atom is -0.260 e. The summed E-state index contributed by atoms with van der Waals surface area (Å²) in [6.45, 7) is 0. The molecule has 0 saturated heterocycles. The zero-order chi connectivity index (χ0) is 15.7. The second-order valence-electron chi connectivity index (χ2n) is 4.25. The lowest BCUT2D eigenvalue weighted by Crippen LogP contribution is -2.07. The fraction of sp³-hybridized carbons (Fsp3) is 0.231. The normalized spacial score (nSPS) is 12.5. The Kier molecular flexibility index (Phi) is 3.89. The maximum absolute atomic E-state index is 12.3. The summed E-state index contributed by atoms with van der Waals surface area (Å²) in [6, 6.07) is 4.07. The SMILES string of the molecule is FC(F)(F)c1ccc(Cc2ccc(C(F)(F)F)cn2)nc1. The van der Waals surface area contributed by atoms with Gasteiger partial charge in [0.05, 0.1) is 11.1 Å². The Labute approximate surface area is 115 Å². The molecule has 2 aromatic rings. The molecule has 0 aliphatic rings. The lowest BCUT2D eigenvalue weighted by atomic mass is 10.1. The quantitative estimate of drug-likeness (QED) is 0.781. The Hall–Kier alpha value is -2.12. The molecule has 0 atom stereocenters. The lowest BCUT2D eigenvalue weighted by molar-refractivity contribution is -0.138. The van der Waals surface area contributed by atoms with Gasteiger partial charge in [0.2, 0.25) is 0 Å². The van der Waals surface area contributed by atoms with Crippen molar-refractivity contribution in [2.24, 2.45) is 0 Å². The molecule has 0 aliphatic carbocycles. The number of nitrogens with zero attached hydrogens (tertiary/aromatic N) is 2. The van der Waals surface area contributed by atoms with Crippen molar-refractivity contribution in [2.45, 2.75) is 18.8 Å². The van der Waals surface area contributed by atoms with Gasteiger partial charge in [0.1, 0.15) is 0 Å². The van der Waals surface area contributed by atoms with Gasteiger partial charge < -0.3 is 0 Å². The first-order chi connectivity index (χ1) is 9.66. The van der Waals surface area contributed by atoms with Gasteiger partial charge in [0, 0.05) is 30.2 Å². The van der Waals surface area contributed by atoms with Crippen molar-refractivity contribution in [1.82, 2.24) is 9.97 Å². The number of halogens is 6. The van der Waals surface area contributed by atoms with Crippen LogP contribution >= 0.6 is 0 Å². The van der Waals surface area contributed by atoms with Gasteiger partial charge in [-0.1, -0.05) is 0 Å². The Bertz CT molecular complexity index is 543. The molecule has 0 aliphatic heterocycles. The molecule has 8 heteroatoms. The number of hydrogen-bond donors (Lipinski definition) is 0. The van der Waals surface area contributed by atoms with Crippen LogP contribution in [0.15, 0.2) is 36.7 Å². The average molecular weight is 306 g/mol. The maximum atomic E-state index is 12.3. The van der Waals surface area contributed by atoms with Crippen molar-refractivity contribution in [1.29, 1.82) is 0 Å². The number of aromatic nitrogens is 2. The van der Waals surface area contributed by atoms with Crippen LogP contribution in [-0.4, -0.2) is 9.97 Å². The van der Waals surface area contributed by atoms with E-state index >= 15 is 0 Å². The summed E-state index contributed by atoms with van der Waals surface area (Å²) in [5.74, 6) is 0. The molecule has 0 saturated carbocycles. The summed E-state index contributed by atoms with van der Waals surface area (Å²) in [6.07, 6.45) is -7.54. The average Bonchev–Trinajstić information content (AvgIpc) is 2.38. The third-order valence-electron chi connectivity index (χ3n) is 2.67. The number of hydrogen-bond acceptors (Lipinski definition) is 2. The van der Waals surface area contributed by atoms with E-state index in [9.17, 15) is 26.3 Å². The molecule has 0 radical (unpaired) electrons. The van der Waals surface area contributed by atoms with E-state index in [2.05, 4.69) is 9.97 Å². The largest absolute Gasteiger partial charge is 0.417 e. The van der Waals surface area contributed by atoms with Gasteiger partial charge >= 0.3 is 12.4 Å². The van der Waals surface area contributed by atoms with Crippen molar-refractivity contribution >= 4 is 0 Å². The minimum absolute atomic E-state index is 0.0519. The summed E-state index contributed by atoms with van der Waals surface area (Å²) in [4.78, 5) is 7.26. The number of alkyl halides is 6. The van der Waals surface area contributed by atoms with Crippen LogP contribution in [0.25, 0.3) is 0 Å². The van der Waals surface area contributed by atoms with Crippen molar-refractivity contribution in [2.75, 3.05) is 0 Å². The fourth-order valence-electron chi connectivity index (χ4n) is 1.58. The minimum atomic E-state index is -4.47. The monoisotopic (exact) mass is 306 g/mol. The van der Waals surface area contributed by atoms with E-state index in [-0.39, 0.29) is 17.8 Å². The van der Waals surface area contributed by atoms with Gasteiger partial charge in [0.15, 0.2) is 0 Å². The number of rotatable bonds is 2. The molecule has 0 unspecified atom stereocenters. The molecule has 0 fully saturated rings. The molecule has 112 valence electrons. The van der Waals surface area contributed by atoms with Crippen LogP contribution in [0.1, 0.15) is 22.5 Å². The first kappa shape index (κ1) is 15.3. The summed E-state index contributed by atoms with van der Waals surface area (Å²) in [5.41, 5.74) is -1.19. The van der Waals surface area contributed by atoms with Crippen molar-refractivity contribution in [3.8, 4) is 0 Å².